The van der Waals surface area contributed by atoms with Crippen LogP contribution in [0.5, 0.6) is 0 Å². The van der Waals surface area contributed by atoms with E-state index in [2.05, 4.69) is 77.4 Å². The van der Waals surface area contributed by atoms with Crippen molar-refractivity contribution in [2.45, 2.75) is 31.3 Å². The van der Waals surface area contributed by atoms with Gasteiger partial charge in [-0.3, -0.25) is 0 Å². The molecule has 3 atom stereocenters. The van der Waals surface area contributed by atoms with Gasteiger partial charge in [0.05, 0.1) is 12.1 Å². The molecule has 1 saturated carbocycles. The summed E-state index contributed by atoms with van der Waals surface area (Å²) in [6.45, 7) is 0. The topological polar surface area (TPSA) is 24.1 Å². The number of hydrogen-bond donors (Lipinski definition) is 2. The second-order valence-corrected chi connectivity index (χ2v) is 7.08. The number of hydrogen-bond acceptors (Lipinski definition) is 1. The van der Waals surface area contributed by atoms with Gasteiger partial charge in [-0.25, -0.2) is 0 Å². The van der Waals surface area contributed by atoms with E-state index in [1.807, 2.05) is 0 Å². The molecule has 122 valence electrons. The lowest BCUT2D eigenvalue weighted by Crippen LogP contribution is -2.57. The van der Waals surface area contributed by atoms with E-state index in [0.29, 0.717) is 18.0 Å². The van der Waals surface area contributed by atoms with E-state index in [1.165, 1.54) is 29.5 Å². The Morgan fingerprint density at radius 3 is 2.29 bits per heavy atom. The van der Waals surface area contributed by atoms with Crippen molar-refractivity contribution in [3.63, 3.8) is 0 Å². The van der Waals surface area contributed by atoms with Crippen LogP contribution in [0, 0.1) is 5.92 Å². The van der Waals surface area contributed by atoms with E-state index >= 15 is 0 Å². The van der Waals surface area contributed by atoms with Crippen LogP contribution in [0.1, 0.15) is 36.4 Å². The fraction of sp³-hybridized carbons (Fsp3) is 0.286. The fourth-order valence-electron chi connectivity index (χ4n) is 4.05. The summed E-state index contributed by atoms with van der Waals surface area (Å²) >= 11 is 5.52. The third-order valence-electron chi connectivity index (χ3n) is 5.14. The van der Waals surface area contributed by atoms with Gasteiger partial charge >= 0.3 is 0 Å². The van der Waals surface area contributed by atoms with Gasteiger partial charge < -0.3 is 10.6 Å². The van der Waals surface area contributed by atoms with Crippen molar-refractivity contribution in [1.29, 1.82) is 0 Å². The molecule has 0 amide bonds. The molecule has 2 aromatic carbocycles. The lowest BCUT2D eigenvalue weighted by Gasteiger charge is -2.45. The van der Waals surface area contributed by atoms with Gasteiger partial charge in [-0.1, -0.05) is 66.7 Å². The van der Waals surface area contributed by atoms with Crippen LogP contribution < -0.4 is 10.6 Å². The summed E-state index contributed by atoms with van der Waals surface area (Å²) in [6.07, 6.45) is 5.95. The van der Waals surface area contributed by atoms with Gasteiger partial charge in [-0.2, -0.15) is 0 Å². The number of benzene rings is 2. The predicted octanol–water partition coefficient (Wildman–Crippen LogP) is 4.46. The van der Waals surface area contributed by atoms with E-state index in [4.69, 9.17) is 12.2 Å². The highest BCUT2D eigenvalue weighted by Gasteiger charge is 2.39. The number of nitrogens with one attached hydrogen (secondary N) is 2. The molecule has 2 fully saturated rings. The first-order chi connectivity index (χ1) is 11.8. The average molecular weight is 334 g/mol. The van der Waals surface area contributed by atoms with Crippen LogP contribution in [-0.4, -0.2) is 11.2 Å². The lowest BCUT2D eigenvalue weighted by molar-refractivity contribution is 0.260. The summed E-state index contributed by atoms with van der Waals surface area (Å²) in [5, 5.41) is 7.82. The minimum atomic E-state index is 0.296. The minimum absolute atomic E-state index is 0.296. The molecule has 0 unspecified atom stereocenters. The molecule has 0 radical (unpaired) electrons. The summed E-state index contributed by atoms with van der Waals surface area (Å²) in [7, 11) is 0. The normalized spacial score (nSPS) is 27.9. The summed E-state index contributed by atoms with van der Waals surface area (Å²) in [6, 6.07) is 21.9. The van der Waals surface area contributed by atoms with Crippen molar-refractivity contribution in [3.8, 4) is 0 Å². The molecule has 1 heterocycles. The molecule has 2 aromatic rings. The summed E-state index contributed by atoms with van der Waals surface area (Å²) in [4.78, 5) is 0. The van der Waals surface area contributed by atoms with E-state index in [9.17, 15) is 0 Å². The molecule has 4 rings (SSSR count). The fourth-order valence-corrected chi connectivity index (χ4v) is 4.30. The number of fused-ring (bicyclic) bond motifs is 1. The summed E-state index contributed by atoms with van der Waals surface area (Å²) in [5.74, 6) is 0.530. The van der Waals surface area contributed by atoms with Crippen molar-refractivity contribution in [2.24, 2.45) is 5.92 Å². The number of rotatable bonds is 2. The monoisotopic (exact) mass is 334 g/mol. The Kier molecular flexibility index (Phi) is 4.35. The highest BCUT2D eigenvalue weighted by Crippen LogP contribution is 2.39. The molecule has 3 heteroatoms. The Morgan fingerprint density at radius 1 is 0.875 bits per heavy atom. The molecule has 0 bridgehead atoms. The molecule has 1 saturated heterocycles. The SMILES string of the molecule is S=C1N[C@@H]2/C(=C\c3ccccc3)CCC[C@@H]2[C@@H](c2ccccc2)N1. The van der Waals surface area contributed by atoms with Gasteiger partial charge in [-0.05, 0) is 48.2 Å². The molecular weight excluding hydrogens is 312 g/mol. The Labute approximate surface area is 149 Å². The Balaban J connectivity index is 1.67. The third kappa shape index (κ3) is 3.09. The summed E-state index contributed by atoms with van der Waals surface area (Å²) in [5.41, 5.74) is 4.08. The van der Waals surface area contributed by atoms with Crippen molar-refractivity contribution in [2.75, 3.05) is 0 Å². The van der Waals surface area contributed by atoms with Gasteiger partial charge in [-0.15, -0.1) is 0 Å². The second kappa shape index (κ2) is 6.78. The molecule has 24 heavy (non-hydrogen) atoms. The molecule has 2 aliphatic rings. The van der Waals surface area contributed by atoms with Crippen molar-refractivity contribution in [3.05, 3.63) is 77.4 Å². The Morgan fingerprint density at radius 2 is 1.54 bits per heavy atom. The molecular formula is C21H22N2S. The minimum Gasteiger partial charge on any atom is -0.356 e. The van der Waals surface area contributed by atoms with E-state index < -0.39 is 0 Å². The van der Waals surface area contributed by atoms with Crippen molar-refractivity contribution < 1.29 is 0 Å². The molecule has 2 N–H and O–H groups in total. The molecule has 0 aromatic heterocycles. The first kappa shape index (κ1) is 15.4. The Bertz CT molecular complexity index is 739. The maximum atomic E-state index is 5.52. The average Bonchev–Trinajstić information content (AvgIpc) is 2.63. The molecule has 0 spiro atoms. The highest BCUT2D eigenvalue weighted by molar-refractivity contribution is 7.80. The van der Waals surface area contributed by atoms with Gasteiger partial charge in [0.15, 0.2) is 5.11 Å². The Hall–Kier alpha value is -2.13. The largest absolute Gasteiger partial charge is 0.356 e. The van der Waals surface area contributed by atoms with E-state index in [1.54, 1.807) is 0 Å². The lowest BCUT2D eigenvalue weighted by atomic mass is 9.73. The zero-order chi connectivity index (χ0) is 16.4. The highest BCUT2D eigenvalue weighted by atomic mass is 32.1. The summed E-state index contributed by atoms with van der Waals surface area (Å²) < 4.78 is 0. The smallest absolute Gasteiger partial charge is 0.167 e. The van der Waals surface area contributed by atoms with Crippen molar-refractivity contribution in [1.82, 2.24) is 10.6 Å². The van der Waals surface area contributed by atoms with E-state index in [-0.39, 0.29) is 0 Å². The van der Waals surface area contributed by atoms with E-state index in [0.717, 1.165) is 11.5 Å². The molecule has 2 nitrogen and oxygen atoms in total. The predicted molar refractivity (Wildman–Crippen MR) is 104 cm³/mol. The molecule has 1 aliphatic carbocycles. The standard InChI is InChI=1S/C21H22N2S/c24-21-22-19(16-10-5-2-6-11-16)18-13-7-12-17(20(18)23-21)14-15-8-3-1-4-9-15/h1-6,8-11,14,18-20H,7,12-13H2,(H2,22,23,24)/b17-14-/t18-,19-,20-/m1/s1. The first-order valence-corrected chi connectivity index (χ1v) is 9.09. The van der Waals surface area contributed by atoms with Crippen molar-refractivity contribution >= 4 is 23.4 Å². The van der Waals surface area contributed by atoms with Gasteiger partial charge in [0.1, 0.15) is 0 Å². The number of thiocarbonyl (C=S) groups is 1. The van der Waals surface area contributed by atoms with Crippen LogP contribution in [0.2, 0.25) is 0 Å². The van der Waals surface area contributed by atoms with Crippen LogP contribution in [0.4, 0.5) is 0 Å². The molecule has 1 aliphatic heterocycles. The van der Waals surface area contributed by atoms with Gasteiger partial charge in [0.2, 0.25) is 0 Å². The van der Waals surface area contributed by atoms with Crippen LogP contribution in [0.15, 0.2) is 66.2 Å². The van der Waals surface area contributed by atoms with Crippen LogP contribution in [0.3, 0.4) is 0 Å². The maximum Gasteiger partial charge on any atom is 0.167 e. The quantitative estimate of drug-likeness (QED) is 0.793. The van der Waals surface area contributed by atoms with Crippen LogP contribution >= 0.6 is 12.2 Å². The zero-order valence-corrected chi connectivity index (χ0v) is 14.4. The van der Waals surface area contributed by atoms with Gasteiger partial charge in [0, 0.05) is 5.92 Å². The second-order valence-electron chi connectivity index (χ2n) is 6.67. The van der Waals surface area contributed by atoms with Crippen LogP contribution in [-0.2, 0) is 0 Å². The maximum absolute atomic E-state index is 5.52. The first-order valence-electron chi connectivity index (χ1n) is 8.69. The zero-order valence-electron chi connectivity index (χ0n) is 13.6. The third-order valence-corrected chi connectivity index (χ3v) is 5.38. The van der Waals surface area contributed by atoms with Gasteiger partial charge in [0.25, 0.3) is 0 Å². The van der Waals surface area contributed by atoms with Crippen LogP contribution in [0.25, 0.3) is 6.08 Å².